The first-order chi connectivity index (χ1) is 14.9. The number of nitrogens with one attached hydrogen (secondary N) is 2. The second-order valence-electron chi connectivity index (χ2n) is 7.49. The molecule has 1 aliphatic rings. The highest BCUT2D eigenvalue weighted by molar-refractivity contribution is 6.31. The van der Waals surface area contributed by atoms with Crippen LogP contribution in [0.4, 0.5) is 21.7 Å². The van der Waals surface area contributed by atoms with Crippen molar-refractivity contribution in [2.24, 2.45) is 0 Å². The molecule has 2 aromatic carbocycles. The van der Waals surface area contributed by atoms with Gasteiger partial charge in [-0.25, -0.2) is 14.4 Å². The van der Waals surface area contributed by atoms with Gasteiger partial charge in [0.05, 0.1) is 36.9 Å². The van der Waals surface area contributed by atoms with Crippen LogP contribution in [0.5, 0.6) is 5.75 Å². The van der Waals surface area contributed by atoms with Crippen LogP contribution in [0.25, 0.3) is 11.3 Å². The van der Waals surface area contributed by atoms with Gasteiger partial charge in [0.25, 0.3) is 0 Å². The maximum Gasteiger partial charge on any atom is 0.228 e. The second-order valence-corrected chi connectivity index (χ2v) is 7.93. The number of anilines is 3. The molecule has 4 rings (SSSR count). The number of aromatic nitrogens is 2. The van der Waals surface area contributed by atoms with Crippen LogP contribution in [-0.4, -0.2) is 35.3 Å². The fourth-order valence-electron chi connectivity index (χ4n) is 3.58. The lowest BCUT2D eigenvalue weighted by molar-refractivity contribution is 0.219. The molecule has 0 radical (unpaired) electrons. The summed E-state index contributed by atoms with van der Waals surface area (Å²) in [6, 6.07) is 10.5. The fraction of sp³-hybridized carbons (Fsp3) is 0.227. The molecule has 0 fully saturated rings. The molecule has 0 amide bonds. The molecule has 1 aliphatic heterocycles. The van der Waals surface area contributed by atoms with Gasteiger partial charge < -0.3 is 20.5 Å². The molecule has 9 heteroatoms. The summed E-state index contributed by atoms with van der Waals surface area (Å²) < 4.78 is 20.0. The number of methoxy groups -OCH3 is 1. The minimum atomic E-state index is -0.635. The van der Waals surface area contributed by atoms with Crippen LogP contribution in [0.1, 0.15) is 18.1 Å². The van der Waals surface area contributed by atoms with Gasteiger partial charge >= 0.3 is 0 Å². The van der Waals surface area contributed by atoms with Gasteiger partial charge in [-0.15, -0.1) is 0 Å². The number of aliphatic hydroxyl groups excluding tert-OH is 1. The van der Waals surface area contributed by atoms with Gasteiger partial charge in [-0.2, -0.15) is 5.26 Å². The standard InChI is InChI=1S/C22H19ClFN5O2/c1-22(11-30)10-27-19-13(8-25)5-12(6-15(19)22)20-16(24)9-26-21(29-20)28-17-7-14(23)3-4-18(17)31-2/h3-7,9,27,30H,10-11H2,1-2H3,(H,26,28,29). The van der Waals surface area contributed by atoms with E-state index in [-0.39, 0.29) is 18.2 Å². The number of nitrogens with zero attached hydrogens (tertiary/aromatic N) is 3. The summed E-state index contributed by atoms with van der Waals surface area (Å²) in [5, 5.41) is 26.1. The van der Waals surface area contributed by atoms with Crippen LogP contribution in [0, 0.1) is 17.1 Å². The highest BCUT2D eigenvalue weighted by Crippen LogP contribution is 2.41. The first kappa shape index (κ1) is 20.8. The zero-order chi connectivity index (χ0) is 22.2. The number of halogens is 2. The second kappa shape index (κ2) is 8.02. The maximum atomic E-state index is 14.7. The summed E-state index contributed by atoms with van der Waals surface area (Å²) in [5.41, 5.74) is 2.14. The van der Waals surface area contributed by atoms with Crippen molar-refractivity contribution < 1.29 is 14.2 Å². The van der Waals surface area contributed by atoms with E-state index in [1.54, 1.807) is 30.3 Å². The zero-order valence-corrected chi connectivity index (χ0v) is 17.6. The Bertz CT molecular complexity index is 1210. The molecule has 0 saturated heterocycles. The Kier molecular flexibility index (Phi) is 5.39. The summed E-state index contributed by atoms with van der Waals surface area (Å²) in [6.45, 7) is 2.24. The summed E-state index contributed by atoms with van der Waals surface area (Å²) in [4.78, 5) is 8.34. The molecule has 1 atom stereocenters. The normalized spacial score (nSPS) is 16.9. The lowest BCUT2D eigenvalue weighted by atomic mass is 9.83. The molecule has 3 aromatic rings. The molecule has 1 aromatic heterocycles. The van der Waals surface area contributed by atoms with Gasteiger partial charge in [-0.1, -0.05) is 18.5 Å². The number of aliphatic hydroxyl groups is 1. The van der Waals surface area contributed by atoms with Crippen LogP contribution < -0.4 is 15.4 Å². The molecule has 0 bridgehead atoms. The third-order valence-electron chi connectivity index (χ3n) is 5.34. The third-order valence-corrected chi connectivity index (χ3v) is 5.57. The van der Waals surface area contributed by atoms with Crippen LogP contribution >= 0.6 is 11.6 Å². The van der Waals surface area contributed by atoms with Crippen molar-refractivity contribution in [2.75, 3.05) is 30.9 Å². The summed E-state index contributed by atoms with van der Waals surface area (Å²) >= 11 is 6.07. The van der Waals surface area contributed by atoms with Crippen molar-refractivity contribution in [2.45, 2.75) is 12.3 Å². The molecular formula is C22H19ClFN5O2. The van der Waals surface area contributed by atoms with E-state index in [4.69, 9.17) is 16.3 Å². The molecule has 0 saturated carbocycles. The minimum absolute atomic E-state index is 0.0324. The number of hydrogen-bond donors (Lipinski definition) is 3. The van der Waals surface area contributed by atoms with E-state index in [0.717, 1.165) is 11.8 Å². The van der Waals surface area contributed by atoms with E-state index >= 15 is 0 Å². The van der Waals surface area contributed by atoms with Crippen molar-refractivity contribution in [1.82, 2.24) is 9.97 Å². The molecule has 7 nitrogen and oxygen atoms in total. The molecule has 3 N–H and O–H groups in total. The molecule has 31 heavy (non-hydrogen) atoms. The SMILES string of the molecule is COc1ccc(Cl)cc1Nc1ncc(F)c(-c2cc(C#N)c3c(c2)C(C)(CO)CN3)n1. The van der Waals surface area contributed by atoms with Crippen LogP contribution in [0.3, 0.4) is 0 Å². The van der Waals surface area contributed by atoms with Crippen LogP contribution in [0.2, 0.25) is 5.02 Å². The average molecular weight is 440 g/mol. The van der Waals surface area contributed by atoms with Gasteiger partial charge in [0.15, 0.2) is 5.82 Å². The highest BCUT2D eigenvalue weighted by Gasteiger charge is 2.36. The average Bonchev–Trinajstić information content (AvgIpc) is 3.12. The number of ether oxygens (including phenoxy) is 1. The summed E-state index contributed by atoms with van der Waals surface area (Å²) in [6.07, 6.45) is 1.06. The number of fused-ring (bicyclic) bond motifs is 1. The Morgan fingerprint density at radius 2 is 2.19 bits per heavy atom. The Morgan fingerprint density at radius 1 is 1.39 bits per heavy atom. The quantitative estimate of drug-likeness (QED) is 0.546. The Morgan fingerprint density at radius 3 is 2.90 bits per heavy atom. The predicted molar refractivity (Wildman–Crippen MR) is 116 cm³/mol. The molecule has 158 valence electrons. The van der Waals surface area contributed by atoms with Crippen molar-refractivity contribution in [3.63, 3.8) is 0 Å². The van der Waals surface area contributed by atoms with Crippen molar-refractivity contribution >= 4 is 28.9 Å². The number of hydrogen-bond acceptors (Lipinski definition) is 7. The van der Waals surface area contributed by atoms with E-state index in [0.29, 0.717) is 39.8 Å². The Labute approximate surface area is 183 Å². The number of rotatable bonds is 5. The Hall–Kier alpha value is -3.41. The van der Waals surface area contributed by atoms with E-state index < -0.39 is 11.2 Å². The van der Waals surface area contributed by atoms with E-state index in [1.807, 2.05) is 6.92 Å². The minimum Gasteiger partial charge on any atom is -0.495 e. The topological polar surface area (TPSA) is 103 Å². The molecular weight excluding hydrogens is 421 g/mol. The van der Waals surface area contributed by atoms with Gasteiger partial charge in [-0.3, -0.25) is 0 Å². The van der Waals surface area contributed by atoms with Crippen molar-refractivity contribution in [1.29, 1.82) is 5.26 Å². The van der Waals surface area contributed by atoms with E-state index in [1.165, 1.54) is 7.11 Å². The molecule has 0 aliphatic carbocycles. The Balaban J connectivity index is 1.79. The van der Waals surface area contributed by atoms with Gasteiger partial charge in [-0.05, 0) is 35.9 Å². The predicted octanol–water partition coefficient (Wildman–Crippen LogP) is 4.24. The lowest BCUT2D eigenvalue weighted by Gasteiger charge is -2.21. The number of benzene rings is 2. The summed E-state index contributed by atoms with van der Waals surface area (Å²) in [7, 11) is 1.52. The van der Waals surface area contributed by atoms with E-state index in [2.05, 4.69) is 26.7 Å². The van der Waals surface area contributed by atoms with Crippen molar-refractivity contribution in [3.05, 3.63) is 58.5 Å². The van der Waals surface area contributed by atoms with Gasteiger partial charge in [0, 0.05) is 22.5 Å². The van der Waals surface area contributed by atoms with Crippen LogP contribution in [-0.2, 0) is 5.41 Å². The lowest BCUT2D eigenvalue weighted by Crippen LogP contribution is -2.28. The third kappa shape index (κ3) is 3.74. The molecule has 0 spiro atoms. The fourth-order valence-corrected chi connectivity index (χ4v) is 3.75. The first-order valence-corrected chi connectivity index (χ1v) is 9.83. The van der Waals surface area contributed by atoms with Gasteiger partial charge in [0.1, 0.15) is 17.5 Å². The zero-order valence-electron chi connectivity index (χ0n) is 16.8. The highest BCUT2D eigenvalue weighted by atomic mass is 35.5. The van der Waals surface area contributed by atoms with Crippen molar-refractivity contribution in [3.8, 4) is 23.1 Å². The van der Waals surface area contributed by atoms with Crippen LogP contribution in [0.15, 0.2) is 36.5 Å². The summed E-state index contributed by atoms with van der Waals surface area (Å²) in [5.74, 6) is 0.0242. The first-order valence-electron chi connectivity index (χ1n) is 9.45. The largest absolute Gasteiger partial charge is 0.495 e. The maximum absolute atomic E-state index is 14.7. The molecule has 2 heterocycles. The van der Waals surface area contributed by atoms with E-state index in [9.17, 15) is 14.8 Å². The molecule has 1 unspecified atom stereocenters. The smallest absolute Gasteiger partial charge is 0.228 e. The monoisotopic (exact) mass is 439 g/mol. The van der Waals surface area contributed by atoms with Gasteiger partial charge in [0.2, 0.25) is 5.95 Å². The number of nitriles is 1.